The Kier molecular flexibility index (Phi) is 4.68. The van der Waals surface area contributed by atoms with Crippen molar-refractivity contribution in [3.05, 3.63) is 23.8 Å². The maximum absolute atomic E-state index is 10.5. The van der Waals surface area contributed by atoms with Crippen molar-refractivity contribution >= 4 is 17.7 Å². The normalized spacial score (nSPS) is 10.5. The van der Waals surface area contributed by atoms with Crippen molar-refractivity contribution in [2.45, 2.75) is 24.7 Å². The molecule has 1 rings (SSSR count). The largest absolute Gasteiger partial charge is 0.496 e. The van der Waals surface area contributed by atoms with E-state index in [2.05, 4.69) is 13.8 Å². The number of benzene rings is 1. The number of aliphatic carboxylic acids is 1. The Morgan fingerprint density at radius 3 is 2.69 bits per heavy atom. The number of methoxy groups -OCH3 is 1. The van der Waals surface area contributed by atoms with E-state index in [4.69, 9.17) is 9.84 Å². The van der Waals surface area contributed by atoms with Crippen molar-refractivity contribution in [2.75, 3.05) is 12.9 Å². The summed E-state index contributed by atoms with van der Waals surface area (Å²) in [6.07, 6.45) is 0. The maximum atomic E-state index is 10.5. The molecule has 0 bridgehead atoms. The molecule has 0 atom stereocenters. The first-order valence-electron chi connectivity index (χ1n) is 5.07. The molecular formula is C12H16O3S. The summed E-state index contributed by atoms with van der Waals surface area (Å²) < 4.78 is 5.20. The molecule has 0 saturated heterocycles. The molecule has 3 nitrogen and oxygen atoms in total. The van der Waals surface area contributed by atoms with Gasteiger partial charge in [-0.05, 0) is 23.6 Å². The molecule has 0 aliphatic rings. The van der Waals surface area contributed by atoms with Crippen molar-refractivity contribution in [1.82, 2.24) is 0 Å². The van der Waals surface area contributed by atoms with Crippen molar-refractivity contribution < 1.29 is 14.6 Å². The zero-order valence-electron chi connectivity index (χ0n) is 9.69. The quantitative estimate of drug-likeness (QED) is 0.804. The van der Waals surface area contributed by atoms with Gasteiger partial charge in [0.1, 0.15) is 5.75 Å². The first-order valence-corrected chi connectivity index (χ1v) is 6.05. The van der Waals surface area contributed by atoms with Gasteiger partial charge in [-0.25, -0.2) is 0 Å². The fourth-order valence-corrected chi connectivity index (χ4v) is 2.10. The first-order chi connectivity index (χ1) is 7.54. The molecule has 0 aliphatic heterocycles. The van der Waals surface area contributed by atoms with Gasteiger partial charge in [0.05, 0.1) is 17.8 Å². The Hall–Kier alpha value is -1.16. The van der Waals surface area contributed by atoms with E-state index in [9.17, 15) is 4.79 Å². The number of hydrogen-bond acceptors (Lipinski definition) is 3. The van der Waals surface area contributed by atoms with E-state index in [1.165, 1.54) is 17.3 Å². The van der Waals surface area contributed by atoms with Crippen LogP contribution in [-0.4, -0.2) is 23.9 Å². The minimum atomic E-state index is -0.818. The number of carboxylic acid groups (broad SMARTS) is 1. The molecule has 0 aromatic heterocycles. The fourth-order valence-electron chi connectivity index (χ4n) is 1.30. The van der Waals surface area contributed by atoms with Crippen molar-refractivity contribution in [3.8, 4) is 5.75 Å². The monoisotopic (exact) mass is 240 g/mol. The number of hydrogen-bond donors (Lipinski definition) is 1. The van der Waals surface area contributed by atoms with E-state index >= 15 is 0 Å². The van der Waals surface area contributed by atoms with E-state index in [-0.39, 0.29) is 5.75 Å². The van der Waals surface area contributed by atoms with Crippen LogP contribution in [-0.2, 0) is 4.79 Å². The number of carbonyl (C=O) groups is 1. The minimum Gasteiger partial charge on any atom is -0.496 e. The zero-order valence-corrected chi connectivity index (χ0v) is 10.5. The highest BCUT2D eigenvalue weighted by Gasteiger charge is 2.09. The topological polar surface area (TPSA) is 46.5 Å². The summed E-state index contributed by atoms with van der Waals surface area (Å²) in [4.78, 5) is 11.4. The summed E-state index contributed by atoms with van der Waals surface area (Å²) in [5, 5.41) is 8.66. The fraction of sp³-hybridized carbons (Fsp3) is 0.417. The lowest BCUT2D eigenvalue weighted by molar-refractivity contribution is -0.133. The van der Waals surface area contributed by atoms with Gasteiger partial charge < -0.3 is 9.84 Å². The molecule has 0 radical (unpaired) electrons. The average molecular weight is 240 g/mol. The van der Waals surface area contributed by atoms with E-state index in [1.807, 2.05) is 18.2 Å². The lowest BCUT2D eigenvalue weighted by atomic mass is 10.0. The van der Waals surface area contributed by atoms with Gasteiger partial charge in [0.2, 0.25) is 0 Å². The molecule has 0 heterocycles. The summed E-state index contributed by atoms with van der Waals surface area (Å²) in [6, 6.07) is 5.89. The molecular weight excluding hydrogens is 224 g/mol. The molecule has 0 amide bonds. The van der Waals surface area contributed by atoms with Gasteiger partial charge in [-0.1, -0.05) is 19.9 Å². The molecule has 0 aliphatic carbocycles. The van der Waals surface area contributed by atoms with Gasteiger partial charge >= 0.3 is 5.97 Å². The Morgan fingerprint density at radius 1 is 1.50 bits per heavy atom. The van der Waals surface area contributed by atoms with Crippen LogP contribution in [0.4, 0.5) is 0 Å². The molecule has 16 heavy (non-hydrogen) atoms. The third kappa shape index (κ3) is 3.45. The summed E-state index contributed by atoms with van der Waals surface area (Å²) in [6.45, 7) is 4.21. The predicted octanol–water partition coefficient (Wildman–Crippen LogP) is 3.00. The summed E-state index contributed by atoms with van der Waals surface area (Å²) in [5.41, 5.74) is 1.19. The number of carboxylic acids is 1. The second-order valence-electron chi connectivity index (χ2n) is 3.75. The second-order valence-corrected chi connectivity index (χ2v) is 4.76. The van der Waals surface area contributed by atoms with Crippen LogP contribution in [0, 0.1) is 0 Å². The van der Waals surface area contributed by atoms with Crippen LogP contribution in [0.15, 0.2) is 23.1 Å². The molecule has 0 unspecified atom stereocenters. The van der Waals surface area contributed by atoms with Gasteiger partial charge in [0.25, 0.3) is 0 Å². The van der Waals surface area contributed by atoms with E-state index in [0.717, 1.165) is 10.6 Å². The summed E-state index contributed by atoms with van der Waals surface area (Å²) in [7, 11) is 1.59. The highest BCUT2D eigenvalue weighted by atomic mass is 32.2. The van der Waals surface area contributed by atoms with Gasteiger partial charge in [-0.3, -0.25) is 4.79 Å². The summed E-state index contributed by atoms with van der Waals surface area (Å²) in [5.74, 6) is 0.394. The minimum absolute atomic E-state index is 0.0535. The van der Waals surface area contributed by atoms with Crippen molar-refractivity contribution in [3.63, 3.8) is 0 Å². The lowest BCUT2D eigenvalue weighted by Gasteiger charge is -2.11. The van der Waals surface area contributed by atoms with Crippen LogP contribution in [0.5, 0.6) is 5.75 Å². The van der Waals surface area contributed by atoms with Gasteiger partial charge in [0.15, 0.2) is 0 Å². The van der Waals surface area contributed by atoms with Crippen molar-refractivity contribution in [2.24, 2.45) is 0 Å². The van der Waals surface area contributed by atoms with Crippen LogP contribution >= 0.6 is 11.8 Å². The predicted molar refractivity (Wildman–Crippen MR) is 65.4 cm³/mol. The highest BCUT2D eigenvalue weighted by Crippen LogP contribution is 2.32. The Labute approximate surface area is 99.8 Å². The van der Waals surface area contributed by atoms with Crippen LogP contribution in [0.2, 0.25) is 0 Å². The average Bonchev–Trinajstić information content (AvgIpc) is 2.25. The Balaban J connectivity index is 2.92. The maximum Gasteiger partial charge on any atom is 0.313 e. The molecule has 0 fully saturated rings. The number of rotatable bonds is 5. The van der Waals surface area contributed by atoms with Crippen LogP contribution in [0.25, 0.3) is 0 Å². The highest BCUT2D eigenvalue weighted by molar-refractivity contribution is 8.00. The van der Waals surface area contributed by atoms with Crippen LogP contribution in [0.3, 0.4) is 0 Å². The molecule has 1 aromatic carbocycles. The van der Waals surface area contributed by atoms with Gasteiger partial charge in [-0.15, -0.1) is 11.8 Å². The molecule has 1 aromatic rings. The van der Waals surface area contributed by atoms with E-state index < -0.39 is 5.97 Å². The Morgan fingerprint density at radius 2 is 2.19 bits per heavy atom. The van der Waals surface area contributed by atoms with Crippen LogP contribution < -0.4 is 4.74 Å². The van der Waals surface area contributed by atoms with Crippen molar-refractivity contribution in [1.29, 1.82) is 0 Å². The molecule has 4 heteroatoms. The smallest absolute Gasteiger partial charge is 0.313 e. The Bertz CT molecular complexity index is 375. The molecule has 88 valence electrons. The molecule has 1 N–H and O–H groups in total. The molecule has 0 saturated carbocycles. The number of thioether (sulfide) groups is 1. The first kappa shape index (κ1) is 12.9. The van der Waals surface area contributed by atoms with E-state index in [0.29, 0.717) is 5.92 Å². The number of ether oxygens (including phenoxy) is 1. The van der Waals surface area contributed by atoms with Crippen LogP contribution in [0.1, 0.15) is 25.3 Å². The van der Waals surface area contributed by atoms with E-state index in [1.54, 1.807) is 7.11 Å². The van der Waals surface area contributed by atoms with Gasteiger partial charge in [-0.2, -0.15) is 0 Å². The lowest BCUT2D eigenvalue weighted by Crippen LogP contribution is -1.99. The second kappa shape index (κ2) is 5.80. The zero-order chi connectivity index (χ0) is 12.1. The summed E-state index contributed by atoms with van der Waals surface area (Å²) >= 11 is 1.29. The third-order valence-corrected chi connectivity index (χ3v) is 3.23. The van der Waals surface area contributed by atoms with Gasteiger partial charge in [0, 0.05) is 0 Å². The third-order valence-electron chi connectivity index (χ3n) is 2.21. The molecule has 0 spiro atoms. The standard InChI is InChI=1S/C12H16O3S/c1-8(2)9-4-5-10(15-3)11(6-9)16-7-12(13)14/h4-6,8H,7H2,1-3H3,(H,13,14). The SMILES string of the molecule is COc1ccc(C(C)C)cc1SCC(=O)O.